The van der Waals surface area contributed by atoms with Crippen molar-refractivity contribution in [2.75, 3.05) is 6.61 Å². The highest BCUT2D eigenvalue weighted by Gasteiger charge is 2.72. The van der Waals surface area contributed by atoms with Crippen molar-refractivity contribution >= 4 is 5.97 Å². The Kier molecular flexibility index (Phi) is 5.52. The molecule has 0 amide bonds. The highest BCUT2D eigenvalue weighted by atomic mass is 16.4. The van der Waals surface area contributed by atoms with Crippen LogP contribution in [-0.2, 0) is 4.79 Å². The standard InChI is InChI=1S/C30H48O4/c1-18(2)19-9-14-30(25(33)34)16-15-28(5)20(24(19)30)7-8-22-26(3)12-11-23(32)27(4,17-31)21(26)10-13-29(22,28)6/h19-24,31-32H,1,7-17H2,2-6H3,(H,33,34)/t19-,20?,21?,22?,23-,24?,26-,27-,28+,29+,30-/m0/s1. The molecular formula is C30H48O4. The number of allylic oxidation sites excluding steroid dienone is 1. The van der Waals surface area contributed by atoms with Crippen molar-refractivity contribution in [3.8, 4) is 0 Å². The molecule has 192 valence electrons. The third-order valence-corrected chi connectivity index (χ3v) is 13.6. The van der Waals surface area contributed by atoms with Gasteiger partial charge in [0, 0.05) is 5.41 Å². The first-order valence-corrected chi connectivity index (χ1v) is 14.0. The summed E-state index contributed by atoms with van der Waals surface area (Å²) in [6.07, 6.45) is 9.43. The van der Waals surface area contributed by atoms with Gasteiger partial charge in [-0.1, -0.05) is 39.8 Å². The van der Waals surface area contributed by atoms with Gasteiger partial charge in [-0.25, -0.2) is 0 Å². The number of aliphatic hydroxyl groups excluding tert-OH is 2. The van der Waals surface area contributed by atoms with Crippen LogP contribution in [0.4, 0.5) is 0 Å². The molecule has 5 rings (SSSR count). The van der Waals surface area contributed by atoms with Crippen LogP contribution >= 0.6 is 0 Å². The molecule has 0 radical (unpaired) electrons. The van der Waals surface area contributed by atoms with E-state index in [4.69, 9.17) is 0 Å². The van der Waals surface area contributed by atoms with Crippen molar-refractivity contribution < 1.29 is 20.1 Å². The summed E-state index contributed by atoms with van der Waals surface area (Å²) in [5.74, 6) is 1.30. The van der Waals surface area contributed by atoms with Gasteiger partial charge in [-0.15, -0.1) is 0 Å². The van der Waals surface area contributed by atoms with E-state index in [1.54, 1.807) is 0 Å². The summed E-state index contributed by atoms with van der Waals surface area (Å²) in [6, 6.07) is 0. The number of aliphatic carboxylic acids is 1. The fraction of sp³-hybridized carbons (Fsp3) is 0.900. The number of carboxylic acids is 1. The lowest BCUT2D eigenvalue weighted by Crippen LogP contribution is -2.67. The molecular weight excluding hydrogens is 424 g/mol. The summed E-state index contributed by atoms with van der Waals surface area (Å²) < 4.78 is 0. The zero-order valence-corrected chi connectivity index (χ0v) is 22.2. The molecule has 0 bridgehead atoms. The van der Waals surface area contributed by atoms with Gasteiger partial charge in [-0.05, 0) is 117 Å². The Morgan fingerprint density at radius 1 is 0.882 bits per heavy atom. The Balaban J connectivity index is 1.56. The fourth-order valence-electron chi connectivity index (χ4n) is 11.5. The lowest BCUT2D eigenvalue weighted by molar-refractivity contribution is -0.254. The number of carbonyl (C=O) groups is 1. The first-order chi connectivity index (χ1) is 15.8. The molecule has 0 aliphatic heterocycles. The quantitative estimate of drug-likeness (QED) is 0.436. The number of hydrogen-bond donors (Lipinski definition) is 3. The third-order valence-electron chi connectivity index (χ3n) is 13.6. The Morgan fingerprint density at radius 3 is 2.21 bits per heavy atom. The van der Waals surface area contributed by atoms with E-state index < -0.39 is 22.9 Å². The summed E-state index contributed by atoms with van der Waals surface area (Å²) in [5, 5.41) is 31.8. The average molecular weight is 473 g/mol. The van der Waals surface area contributed by atoms with Crippen LogP contribution in [0.2, 0.25) is 0 Å². The van der Waals surface area contributed by atoms with Gasteiger partial charge in [-0.2, -0.15) is 0 Å². The van der Waals surface area contributed by atoms with Crippen LogP contribution in [0.1, 0.15) is 98.8 Å². The summed E-state index contributed by atoms with van der Waals surface area (Å²) in [6.45, 7) is 16.2. The lowest BCUT2D eigenvalue weighted by atomic mass is 9.32. The number of fused-ring (bicyclic) bond motifs is 7. The van der Waals surface area contributed by atoms with Crippen LogP contribution in [0, 0.1) is 56.7 Å². The molecule has 11 atom stereocenters. The molecule has 0 spiro atoms. The number of carboxylic acid groups (broad SMARTS) is 1. The molecule has 0 aromatic rings. The molecule has 34 heavy (non-hydrogen) atoms. The van der Waals surface area contributed by atoms with E-state index in [-0.39, 0.29) is 28.8 Å². The minimum atomic E-state index is -0.567. The largest absolute Gasteiger partial charge is 0.481 e. The maximum atomic E-state index is 12.8. The molecule has 5 fully saturated rings. The monoisotopic (exact) mass is 472 g/mol. The number of rotatable bonds is 3. The first kappa shape index (κ1) is 24.8. The molecule has 0 aromatic carbocycles. The van der Waals surface area contributed by atoms with Crippen LogP contribution in [0.5, 0.6) is 0 Å². The second-order valence-electron chi connectivity index (χ2n) is 14.4. The molecule has 3 N–H and O–H groups in total. The smallest absolute Gasteiger partial charge is 0.309 e. The van der Waals surface area contributed by atoms with Crippen molar-refractivity contribution in [1.29, 1.82) is 0 Å². The van der Waals surface area contributed by atoms with Crippen molar-refractivity contribution in [3.05, 3.63) is 12.2 Å². The summed E-state index contributed by atoms with van der Waals surface area (Å²) in [4.78, 5) is 12.8. The maximum Gasteiger partial charge on any atom is 0.309 e. The Labute approximate surface area is 206 Å². The number of aliphatic hydroxyl groups is 2. The third kappa shape index (κ3) is 2.76. The van der Waals surface area contributed by atoms with Gasteiger partial charge >= 0.3 is 5.97 Å². The van der Waals surface area contributed by atoms with Crippen LogP contribution in [-0.4, -0.2) is 34.0 Å². The fourth-order valence-corrected chi connectivity index (χ4v) is 11.5. The minimum absolute atomic E-state index is 0.0568. The Morgan fingerprint density at radius 2 is 1.59 bits per heavy atom. The molecule has 5 aliphatic carbocycles. The highest BCUT2D eigenvalue weighted by Crippen LogP contribution is 2.77. The SMILES string of the molecule is C=C(C)[C@@H]1CC[C@]2(C(=O)O)CC[C@]3(C)C(CCC4[C@@]5(C)CC[C@H](O)[C@@](C)(CO)C5CC[C@]43C)C12. The van der Waals surface area contributed by atoms with Crippen LogP contribution < -0.4 is 0 Å². The molecule has 0 saturated heterocycles. The van der Waals surface area contributed by atoms with Gasteiger partial charge in [0.25, 0.3) is 0 Å². The summed E-state index contributed by atoms with van der Waals surface area (Å²) >= 11 is 0. The van der Waals surface area contributed by atoms with Gasteiger partial charge in [0.05, 0.1) is 18.1 Å². The highest BCUT2D eigenvalue weighted by molar-refractivity contribution is 5.76. The van der Waals surface area contributed by atoms with E-state index in [0.717, 1.165) is 64.2 Å². The maximum absolute atomic E-state index is 12.8. The van der Waals surface area contributed by atoms with Gasteiger partial charge in [0.15, 0.2) is 0 Å². The Hall–Kier alpha value is -0.870. The van der Waals surface area contributed by atoms with E-state index in [0.29, 0.717) is 23.7 Å². The molecule has 5 aliphatic rings. The molecule has 4 nitrogen and oxygen atoms in total. The van der Waals surface area contributed by atoms with Gasteiger partial charge in [-0.3, -0.25) is 4.79 Å². The zero-order chi connectivity index (χ0) is 24.9. The van der Waals surface area contributed by atoms with E-state index >= 15 is 0 Å². The van der Waals surface area contributed by atoms with E-state index in [2.05, 4.69) is 41.2 Å². The lowest BCUT2D eigenvalue weighted by Gasteiger charge is -2.72. The van der Waals surface area contributed by atoms with Crippen LogP contribution in [0.3, 0.4) is 0 Å². The predicted molar refractivity (Wildman–Crippen MR) is 134 cm³/mol. The first-order valence-electron chi connectivity index (χ1n) is 14.0. The summed E-state index contributed by atoms with van der Waals surface area (Å²) in [5.41, 5.74) is 0.586. The minimum Gasteiger partial charge on any atom is -0.481 e. The second kappa shape index (κ2) is 7.57. The second-order valence-corrected chi connectivity index (χ2v) is 14.4. The van der Waals surface area contributed by atoms with Crippen molar-refractivity contribution in [3.63, 3.8) is 0 Å². The summed E-state index contributed by atoms with van der Waals surface area (Å²) in [7, 11) is 0. The van der Waals surface area contributed by atoms with Crippen molar-refractivity contribution in [2.24, 2.45) is 56.7 Å². The topological polar surface area (TPSA) is 77.8 Å². The van der Waals surface area contributed by atoms with Crippen LogP contribution in [0.25, 0.3) is 0 Å². The predicted octanol–water partition coefficient (Wildman–Crippen LogP) is 6.06. The van der Waals surface area contributed by atoms with Crippen LogP contribution in [0.15, 0.2) is 12.2 Å². The Bertz CT molecular complexity index is 883. The average Bonchev–Trinajstić information content (AvgIpc) is 3.18. The zero-order valence-electron chi connectivity index (χ0n) is 22.2. The van der Waals surface area contributed by atoms with E-state index in [1.807, 2.05) is 0 Å². The molecule has 4 heteroatoms. The van der Waals surface area contributed by atoms with E-state index in [9.17, 15) is 20.1 Å². The molecule has 5 saturated carbocycles. The van der Waals surface area contributed by atoms with Gasteiger partial charge < -0.3 is 15.3 Å². The van der Waals surface area contributed by atoms with Crippen molar-refractivity contribution in [1.82, 2.24) is 0 Å². The van der Waals surface area contributed by atoms with Crippen molar-refractivity contribution in [2.45, 2.75) is 105 Å². The molecule has 4 unspecified atom stereocenters. The molecule has 0 heterocycles. The van der Waals surface area contributed by atoms with Gasteiger partial charge in [0.2, 0.25) is 0 Å². The number of hydrogen-bond acceptors (Lipinski definition) is 3. The van der Waals surface area contributed by atoms with E-state index in [1.165, 1.54) is 5.57 Å². The van der Waals surface area contributed by atoms with Gasteiger partial charge in [0.1, 0.15) is 0 Å². The molecule has 0 aromatic heterocycles. The normalized spacial score (nSPS) is 56.6.